The number of hydrogen-bond acceptors (Lipinski definition) is 4. The average molecular weight is 358 g/mol. The van der Waals surface area contributed by atoms with Crippen LogP contribution in [0.25, 0.3) is 0 Å². The Labute approximate surface area is 158 Å². The van der Waals surface area contributed by atoms with Crippen molar-refractivity contribution in [2.45, 2.75) is 63.7 Å². The number of rotatable bonds is 3. The molecule has 2 saturated heterocycles. The first-order chi connectivity index (χ1) is 12.7. The molecule has 0 amide bonds. The Balaban J connectivity index is 1.33. The van der Waals surface area contributed by atoms with Gasteiger partial charge < -0.3 is 10.1 Å². The van der Waals surface area contributed by atoms with Gasteiger partial charge in [-0.2, -0.15) is 0 Å². The summed E-state index contributed by atoms with van der Waals surface area (Å²) < 4.78 is 5.63. The van der Waals surface area contributed by atoms with Crippen LogP contribution in [-0.4, -0.2) is 67.3 Å². The molecule has 1 aromatic carbocycles. The molecule has 26 heavy (non-hydrogen) atoms. The SMILES string of the molecule is Cc1ccccc1[C@@H]1CN(C2CCC(N3CCOCC3C)CC2)CCN1. The molecule has 1 aromatic rings. The third-order valence-corrected chi connectivity index (χ3v) is 6.84. The molecule has 4 heteroatoms. The van der Waals surface area contributed by atoms with Crippen LogP contribution in [-0.2, 0) is 4.74 Å². The summed E-state index contributed by atoms with van der Waals surface area (Å²) >= 11 is 0. The van der Waals surface area contributed by atoms with Crippen LogP contribution < -0.4 is 5.32 Å². The maximum atomic E-state index is 5.63. The van der Waals surface area contributed by atoms with Gasteiger partial charge in [-0.25, -0.2) is 0 Å². The molecule has 2 atom stereocenters. The van der Waals surface area contributed by atoms with Gasteiger partial charge in [-0.3, -0.25) is 9.80 Å². The lowest BCUT2D eigenvalue weighted by molar-refractivity contribution is -0.0355. The number of hydrogen-bond donors (Lipinski definition) is 1. The Kier molecular flexibility index (Phi) is 5.94. The van der Waals surface area contributed by atoms with Gasteiger partial charge in [0.1, 0.15) is 0 Å². The van der Waals surface area contributed by atoms with Gasteiger partial charge in [0.05, 0.1) is 13.2 Å². The molecule has 0 bridgehead atoms. The zero-order valence-electron chi connectivity index (χ0n) is 16.5. The summed E-state index contributed by atoms with van der Waals surface area (Å²) in [5, 5.41) is 3.75. The van der Waals surface area contributed by atoms with Crippen molar-refractivity contribution in [3.05, 3.63) is 35.4 Å². The number of morpholine rings is 1. The molecule has 0 radical (unpaired) electrons. The van der Waals surface area contributed by atoms with Crippen LogP contribution in [0.5, 0.6) is 0 Å². The lowest BCUT2D eigenvalue weighted by atomic mass is 9.87. The van der Waals surface area contributed by atoms with Gasteiger partial charge in [0, 0.05) is 50.3 Å². The first-order valence-corrected chi connectivity index (χ1v) is 10.6. The predicted octanol–water partition coefficient (Wildman–Crippen LogP) is 2.97. The van der Waals surface area contributed by atoms with E-state index in [0.29, 0.717) is 12.1 Å². The van der Waals surface area contributed by atoms with Crippen molar-refractivity contribution in [1.29, 1.82) is 0 Å². The molecule has 4 nitrogen and oxygen atoms in total. The van der Waals surface area contributed by atoms with E-state index in [9.17, 15) is 0 Å². The second kappa shape index (κ2) is 8.39. The molecule has 1 aliphatic carbocycles. The van der Waals surface area contributed by atoms with Gasteiger partial charge in [0.25, 0.3) is 0 Å². The van der Waals surface area contributed by atoms with E-state index in [1.807, 2.05) is 0 Å². The van der Waals surface area contributed by atoms with E-state index in [1.165, 1.54) is 43.4 Å². The van der Waals surface area contributed by atoms with Crippen LogP contribution in [0.1, 0.15) is 49.8 Å². The maximum absolute atomic E-state index is 5.63. The second-order valence-electron chi connectivity index (χ2n) is 8.48. The first-order valence-electron chi connectivity index (χ1n) is 10.6. The van der Waals surface area contributed by atoms with Crippen LogP contribution in [0.3, 0.4) is 0 Å². The maximum Gasteiger partial charge on any atom is 0.0619 e. The zero-order chi connectivity index (χ0) is 17.9. The summed E-state index contributed by atoms with van der Waals surface area (Å²) in [6.45, 7) is 11.0. The number of nitrogens with zero attached hydrogens (tertiary/aromatic N) is 2. The molecule has 4 rings (SSSR count). The summed E-state index contributed by atoms with van der Waals surface area (Å²) in [4.78, 5) is 5.49. The molecule has 2 heterocycles. The molecular weight excluding hydrogens is 322 g/mol. The topological polar surface area (TPSA) is 27.7 Å². The molecule has 1 unspecified atom stereocenters. The van der Waals surface area contributed by atoms with E-state index in [4.69, 9.17) is 4.74 Å². The number of piperazine rings is 1. The number of benzene rings is 1. The quantitative estimate of drug-likeness (QED) is 0.900. The van der Waals surface area contributed by atoms with E-state index in [0.717, 1.165) is 44.9 Å². The van der Waals surface area contributed by atoms with Crippen molar-refractivity contribution in [1.82, 2.24) is 15.1 Å². The zero-order valence-corrected chi connectivity index (χ0v) is 16.5. The third-order valence-electron chi connectivity index (χ3n) is 6.84. The second-order valence-corrected chi connectivity index (χ2v) is 8.48. The van der Waals surface area contributed by atoms with Gasteiger partial charge in [-0.05, 0) is 50.7 Å². The van der Waals surface area contributed by atoms with E-state index >= 15 is 0 Å². The van der Waals surface area contributed by atoms with Crippen LogP contribution in [0.15, 0.2) is 24.3 Å². The average Bonchev–Trinajstić information content (AvgIpc) is 2.69. The van der Waals surface area contributed by atoms with Gasteiger partial charge >= 0.3 is 0 Å². The molecule has 3 fully saturated rings. The van der Waals surface area contributed by atoms with Crippen LogP contribution in [0.4, 0.5) is 0 Å². The van der Waals surface area contributed by atoms with Crippen molar-refractivity contribution < 1.29 is 4.74 Å². The predicted molar refractivity (Wildman–Crippen MR) is 107 cm³/mol. The van der Waals surface area contributed by atoms with E-state index in [2.05, 4.69) is 53.2 Å². The fraction of sp³-hybridized carbons (Fsp3) is 0.727. The highest BCUT2D eigenvalue weighted by molar-refractivity contribution is 5.29. The summed E-state index contributed by atoms with van der Waals surface area (Å²) in [6, 6.07) is 11.5. The molecule has 1 N–H and O–H groups in total. The van der Waals surface area contributed by atoms with Gasteiger partial charge in [0.2, 0.25) is 0 Å². The van der Waals surface area contributed by atoms with Crippen molar-refractivity contribution >= 4 is 0 Å². The summed E-state index contributed by atoms with van der Waals surface area (Å²) in [5.74, 6) is 0. The molecule has 1 saturated carbocycles. The summed E-state index contributed by atoms with van der Waals surface area (Å²) in [5.41, 5.74) is 2.89. The Morgan fingerprint density at radius 3 is 2.58 bits per heavy atom. The van der Waals surface area contributed by atoms with Crippen molar-refractivity contribution in [3.63, 3.8) is 0 Å². The molecule has 144 valence electrons. The highest BCUT2D eigenvalue weighted by Crippen LogP contribution is 2.31. The van der Waals surface area contributed by atoms with Crippen LogP contribution >= 0.6 is 0 Å². The smallest absolute Gasteiger partial charge is 0.0619 e. The first kappa shape index (κ1) is 18.4. The minimum atomic E-state index is 0.488. The molecule has 2 aliphatic heterocycles. The molecular formula is C22H35N3O. The fourth-order valence-electron chi connectivity index (χ4n) is 5.33. The van der Waals surface area contributed by atoms with E-state index < -0.39 is 0 Å². The lowest BCUT2D eigenvalue weighted by Gasteiger charge is -2.46. The molecule has 0 spiro atoms. The van der Waals surface area contributed by atoms with Gasteiger partial charge in [-0.1, -0.05) is 24.3 Å². The van der Waals surface area contributed by atoms with E-state index in [-0.39, 0.29) is 0 Å². The fourth-order valence-corrected chi connectivity index (χ4v) is 5.33. The molecule has 0 aromatic heterocycles. The number of aryl methyl sites for hydroxylation is 1. The van der Waals surface area contributed by atoms with Crippen LogP contribution in [0.2, 0.25) is 0 Å². The minimum absolute atomic E-state index is 0.488. The third kappa shape index (κ3) is 3.99. The Morgan fingerprint density at radius 2 is 1.81 bits per heavy atom. The largest absolute Gasteiger partial charge is 0.379 e. The lowest BCUT2D eigenvalue weighted by Crippen LogP contribution is -2.54. The highest BCUT2D eigenvalue weighted by Gasteiger charge is 2.34. The molecule has 3 aliphatic rings. The Hall–Kier alpha value is -0.940. The van der Waals surface area contributed by atoms with E-state index in [1.54, 1.807) is 0 Å². The monoisotopic (exact) mass is 357 g/mol. The Bertz CT molecular complexity index is 585. The van der Waals surface area contributed by atoms with Gasteiger partial charge in [-0.15, -0.1) is 0 Å². The van der Waals surface area contributed by atoms with Crippen LogP contribution in [0, 0.1) is 6.92 Å². The highest BCUT2D eigenvalue weighted by atomic mass is 16.5. The Morgan fingerprint density at radius 1 is 1.04 bits per heavy atom. The number of nitrogens with one attached hydrogen (secondary N) is 1. The van der Waals surface area contributed by atoms with Gasteiger partial charge in [0.15, 0.2) is 0 Å². The normalized spacial score (nSPS) is 34.7. The number of ether oxygens (including phenoxy) is 1. The standard InChI is InChI=1S/C22H35N3O/c1-17-5-3-4-6-21(17)22-15-24(12-11-23-22)19-7-9-20(10-8-19)25-13-14-26-16-18(25)2/h3-6,18-20,22-23H,7-16H2,1-2H3/t18?,19?,20?,22-/m0/s1. The van der Waals surface area contributed by atoms with Crippen molar-refractivity contribution in [2.24, 2.45) is 0 Å². The minimum Gasteiger partial charge on any atom is -0.379 e. The summed E-state index contributed by atoms with van der Waals surface area (Å²) in [6.07, 6.45) is 5.42. The summed E-state index contributed by atoms with van der Waals surface area (Å²) in [7, 11) is 0. The van der Waals surface area contributed by atoms with Crippen molar-refractivity contribution in [2.75, 3.05) is 39.4 Å². The van der Waals surface area contributed by atoms with Crippen molar-refractivity contribution in [3.8, 4) is 0 Å².